The van der Waals surface area contributed by atoms with Gasteiger partial charge in [-0.1, -0.05) is 30.3 Å². The smallest absolute Gasteiger partial charge is 0.248 e. The van der Waals surface area contributed by atoms with Crippen LogP contribution in [0.1, 0.15) is 5.56 Å². The van der Waals surface area contributed by atoms with E-state index in [1.165, 1.54) is 36.5 Å². The summed E-state index contributed by atoms with van der Waals surface area (Å²) >= 11 is 0. The maximum atomic E-state index is 12.9. The van der Waals surface area contributed by atoms with Crippen LogP contribution in [0.25, 0.3) is 6.08 Å². The normalized spacial score (nSPS) is 10.6. The molecule has 3 rings (SSSR count). The lowest BCUT2D eigenvalue weighted by molar-refractivity contribution is -0.111. The third kappa shape index (κ3) is 5.00. The van der Waals surface area contributed by atoms with Gasteiger partial charge in [-0.25, -0.2) is 9.37 Å². The van der Waals surface area contributed by atoms with Crippen molar-refractivity contribution in [3.63, 3.8) is 0 Å². The summed E-state index contributed by atoms with van der Waals surface area (Å²) in [7, 11) is 0. The van der Waals surface area contributed by atoms with E-state index in [2.05, 4.69) is 10.3 Å². The molecule has 1 amide bonds. The molecule has 0 radical (unpaired) electrons. The number of anilines is 1. The van der Waals surface area contributed by atoms with Crippen molar-refractivity contribution in [3.05, 3.63) is 90.4 Å². The first-order chi connectivity index (χ1) is 12.2. The molecular formula is C20H15FN2O2. The summed E-state index contributed by atoms with van der Waals surface area (Å²) in [6, 6.07) is 18.5. The Morgan fingerprint density at radius 1 is 1.00 bits per heavy atom. The van der Waals surface area contributed by atoms with E-state index in [4.69, 9.17) is 4.74 Å². The predicted octanol–water partition coefficient (Wildman–Crippen LogP) is 4.66. The molecule has 0 aliphatic heterocycles. The van der Waals surface area contributed by atoms with E-state index in [1.807, 2.05) is 30.3 Å². The summed E-state index contributed by atoms with van der Waals surface area (Å²) in [4.78, 5) is 16.0. The average molecular weight is 334 g/mol. The van der Waals surface area contributed by atoms with Crippen molar-refractivity contribution in [1.82, 2.24) is 4.98 Å². The Balaban J connectivity index is 1.57. The highest BCUT2D eigenvalue weighted by molar-refractivity contribution is 6.01. The van der Waals surface area contributed by atoms with E-state index in [1.54, 1.807) is 18.2 Å². The number of carbonyl (C=O) groups excluding carboxylic acids is 1. The predicted molar refractivity (Wildman–Crippen MR) is 94.8 cm³/mol. The molecule has 25 heavy (non-hydrogen) atoms. The van der Waals surface area contributed by atoms with Crippen LogP contribution >= 0.6 is 0 Å². The molecule has 1 heterocycles. The standard InChI is InChI=1S/C20H15FN2O2/c21-16-7-10-18(11-8-16)25-20-13-9-17(14-22-20)23-19(24)12-6-15-4-2-1-3-5-15/h1-14H,(H,23,24)/b12-6+. The topological polar surface area (TPSA) is 51.2 Å². The van der Waals surface area contributed by atoms with Crippen LogP contribution in [-0.4, -0.2) is 10.9 Å². The highest BCUT2D eigenvalue weighted by atomic mass is 19.1. The van der Waals surface area contributed by atoms with Crippen LogP contribution in [0, 0.1) is 5.82 Å². The number of carbonyl (C=O) groups is 1. The number of aromatic nitrogens is 1. The third-order valence-corrected chi connectivity index (χ3v) is 3.27. The second-order valence-corrected chi connectivity index (χ2v) is 5.17. The summed E-state index contributed by atoms with van der Waals surface area (Å²) in [5, 5.41) is 2.72. The van der Waals surface area contributed by atoms with Gasteiger partial charge in [0.05, 0.1) is 11.9 Å². The molecule has 0 atom stereocenters. The van der Waals surface area contributed by atoms with E-state index in [0.29, 0.717) is 17.3 Å². The minimum absolute atomic E-state index is 0.252. The fraction of sp³-hybridized carbons (Fsp3) is 0. The SMILES string of the molecule is O=C(/C=C/c1ccccc1)Nc1ccc(Oc2ccc(F)cc2)nc1. The zero-order chi connectivity index (χ0) is 17.5. The van der Waals surface area contributed by atoms with Crippen LogP contribution in [-0.2, 0) is 4.79 Å². The van der Waals surface area contributed by atoms with Crippen molar-refractivity contribution in [1.29, 1.82) is 0 Å². The monoisotopic (exact) mass is 334 g/mol. The molecule has 0 unspecified atom stereocenters. The average Bonchev–Trinajstić information content (AvgIpc) is 2.64. The molecule has 124 valence electrons. The summed E-state index contributed by atoms with van der Waals surface area (Å²) in [5.41, 5.74) is 1.49. The molecule has 4 nitrogen and oxygen atoms in total. The second-order valence-electron chi connectivity index (χ2n) is 5.17. The Labute approximate surface area is 144 Å². The van der Waals surface area contributed by atoms with Crippen molar-refractivity contribution >= 4 is 17.7 Å². The van der Waals surface area contributed by atoms with Gasteiger partial charge in [0.2, 0.25) is 11.8 Å². The quantitative estimate of drug-likeness (QED) is 0.690. The zero-order valence-electron chi connectivity index (χ0n) is 13.2. The van der Waals surface area contributed by atoms with Crippen LogP contribution in [0.3, 0.4) is 0 Å². The van der Waals surface area contributed by atoms with Crippen molar-refractivity contribution < 1.29 is 13.9 Å². The minimum atomic E-state index is -0.332. The van der Waals surface area contributed by atoms with Gasteiger partial charge in [0.15, 0.2) is 0 Å². The highest BCUT2D eigenvalue weighted by Crippen LogP contribution is 2.20. The first kappa shape index (κ1) is 16.4. The Morgan fingerprint density at radius 3 is 2.44 bits per heavy atom. The van der Waals surface area contributed by atoms with E-state index in [0.717, 1.165) is 5.56 Å². The summed E-state index contributed by atoms with van der Waals surface area (Å²) in [6.45, 7) is 0. The van der Waals surface area contributed by atoms with Crippen molar-refractivity contribution in [2.24, 2.45) is 0 Å². The lowest BCUT2D eigenvalue weighted by atomic mass is 10.2. The molecule has 1 N–H and O–H groups in total. The van der Waals surface area contributed by atoms with Gasteiger partial charge in [-0.05, 0) is 42.0 Å². The maximum Gasteiger partial charge on any atom is 0.248 e. The number of hydrogen-bond donors (Lipinski definition) is 1. The number of benzene rings is 2. The Bertz CT molecular complexity index is 860. The number of halogens is 1. The fourth-order valence-corrected chi connectivity index (χ4v) is 2.06. The van der Waals surface area contributed by atoms with E-state index < -0.39 is 0 Å². The van der Waals surface area contributed by atoms with Crippen LogP contribution in [0.4, 0.5) is 10.1 Å². The molecule has 1 aromatic heterocycles. The Morgan fingerprint density at radius 2 is 1.76 bits per heavy atom. The largest absolute Gasteiger partial charge is 0.439 e. The van der Waals surface area contributed by atoms with Crippen LogP contribution in [0.5, 0.6) is 11.6 Å². The van der Waals surface area contributed by atoms with Crippen molar-refractivity contribution in [2.75, 3.05) is 5.32 Å². The molecule has 3 aromatic rings. The van der Waals surface area contributed by atoms with Gasteiger partial charge < -0.3 is 10.1 Å². The molecule has 5 heteroatoms. The van der Waals surface area contributed by atoms with Gasteiger partial charge in [0.25, 0.3) is 0 Å². The molecule has 2 aromatic carbocycles. The Hall–Kier alpha value is -3.47. The molecule has 0 aliphatic carbocycles. The number of nitrogens with zero attached hydrogens (tertiary/aromatic N) is 1. The number of nitrogens with one attached hydrogen (secondary N) is 1. The van der Waals surface area contributed by atoms with Crippen LogP contribution < -0.4 is 10.1 Å². The maximum absolute atomic E-state index is 12.9. The number of amides is 1. The van der Waals surface area contributed by atoms with Gasteiger partial charge in [-0.15, -0.1) is 0 Å². The van der Waals surface area contributed by atoms with E-state index in [-0.39, 0.29) is 11.7 Å². The molecule has 0 spiro atoms. The summed E-state index contributed by atoms with van der Waals surface area (Å²) in [6.07, 6.45) is 4.68. The van der Waals surface area contributed by atoms with Gasteiger partial charge in [0.1, 0.15) is 11.6 Å². The second kappa shape index (κ2) is 7.88. The highest BCUT2D eigenvalue weighted by Gasteiger charge is 2.02. The fourth-order valence-electron chi connectivity index (χ4n) is 2.06. The third-order valence-electron chi connectivity index (χ3n) is 3.27. The van der Waals surface area contributed by atoms with Gasteiger partial charge >= 0.3 is 0 Å². The number of pyridine rings is 1. The summed E-state index contributed by atoms with van der Waals surface area (Å²) < 4.78 is 18.3. The number of ether oxygens (including phenoxy) is 1. The molecular weight excluding hydrogens is 319 g/mol. The van der Waals surface area contributed by atoms with Crippen molar-refractivity contribution in [3.8, 4) is 11.6 Å². The van der Waals surface area contributed by atoms with Crippen LogP contribution in [0.15, 0.2) is 79.0 Å². The molecule has 0 saturated carbocycles. The van der Waals surface area contributed by atoms with Crippen LogP contribution in [0.2, 0.25) is 0 Å². The number of hydrogen-bond acceptors (Lipinski definition) is 3. The van der Waals surface area contributed by atoms with E-state index in [9.17, 15) is 9.18 Å². The lowest BCUT2D eigenvalue weighted by Crippen LogP contribution is -2.07. The summed E-state index contributed by atoms with van der Waals surface area (Å²) in [5.74, 6) is 0.251. The first-order valence-electron chi connectivity index (χ1n) is 7.63. The lowest BCUT2D eigenvalue weighted by Gasteiger charge is -2.06. The molecule has 0 bridgehead atoms. The molecule has 0 aliphatic rings. The molecule has 0 fully saturated rings. The molecule has 0 saturated heterocycles. The first-order valence-corrected chi connectivity index (χ1v) is 7.63. The van der Waals surface area contributed by atoms with Crippen molar-refractivity contribution in [2.45, 2.75) is 0 Å². The van der Waals surface area contributed by atoms with Gasteiger partial charge in [-0.2, -0.15) is 0 Å². The van der Waals surface area contributed by atoms with Gasteiger partial charge in [0, 0.05) is 12.1 Å². The Kier molecular flexibility index (Phi) is 5.16. The van der Waals surface area contributed by atoms with E-state index >= 15 is 0 Å². The number of rotatable bonds is 5. The minimum Gasteiger partial charge on any atom is -0.439 e. The van der Waals surface area contributed by atoms with Gasteiger partial charge in [-0.3, -0.25) is 4.79 Å². The zero-order valence-corrected chi connectivity index (χ0v) is 13.2.